The van der Waals surface area contributed by atoms with Crippen molar-refractivity contribution >= 4 is 17.6 Å². The Balaban J connectivity index is 2.05. The van der Waals surface area contributed by atoms with Crippen LogP contribution in [0.3, 0.4) is 0 Å². The minimum atomic E-state index is -4.47. The van der Waals surface area contributed by atoms with Crippen molar-refractivity contribution in [2.24, 2.45) is 0 Å². The Bertz CT molecular complexity index is 780. The van der Waals surface area contributed by atoms with Gasteiger partial charge in [0.1, 0.15) is 0 Å². The van der Waals surface area contributed by atoms with Gasteiger partial charge in [0.15, 0.2) is 11.6 Å². The Morgan fingerprint density at radius 1 is 0.818 bits per heavy atom. The highest BCUT2D eigenvalue weighted by molar-refractivity contribution is 6.41. The average Bonchev–Trinajstić information content (AvgIpc) is 2.72. The Morgan fingerprint density at radius 2 is 1.41 bits per heavy atom. The number of hydrogen-bond acceptors (Lipinski definition) is 2. The van der Waals surface area contributed by atoms with Gasteiger partial charge in [-0.1, -0.05) is 36.4 Å². The molecule has 0 amide bonds. The van der Waals surface area contributed by atoms with Gasteiger partial charge in [0.05, 0.1) is 11.1 Å². The molecule has 5 heteroatoms. The number of halogens is 3. The summed E-state index contributed by atoms with van der Waals surface area (Å²) in [7, 11) is 0. The molecule has 0 fully saturated rings. The summed E-state index contributed by atoms with van der Waals surface area (Å²) in [5, 5.41) is 0. The molecule has 0 saturated carbocycles. The lowest BCUT2D eigenvalue weighted by Crippen LogP contribution is -2.05. The molecular weight excluding hydrogens is 293 g/mol. The van der Waals surface area contributed by atoms with Crippen molar-refractivity contribution in [2.75, 3.05) is 0 Å². The van der Waals surface area contributed by atoms with Gasteiger partial charge in [-0.25, -0.2) is 0 Å². The van der Waals surface area contributed by atoms with Crippen LogP contribution in [0.2, 0.25) is 0 Å². The van der Waals surface area contributed by atoms with E-state index < -0.39 is 23.3 Å². The van der Waals surface area contributed by atoms with Gasteiger partial charge in [0.2, 0.25) is 0 Å². The van der Waals surface area contributed by atoms with Gasteiger partial charge < -0.3 is 0 Å². The lowest BCUT2D eigenvalue weighted by Gasteiger charge is -2.07. The largest absolute Gasteiger partial charge is 0.416 e. The quantitative estimate of drug-likeness (QED) is 0.585. The molecule has 0 heterocycles. The normalized spacial score (nSPS) is 14.2. The molecule has 3 rings (SSSR count). The molecule has 110 valence electrons. The molecule has 2 nitrogen and oxygen atoms in total. The maximum Gasteiger partial charge on any atom is 0.416 e. The van der Waals surface area contributed by atoms with Crippen LogP contribution in [0.5, 0.6) is 0 Å². The van der Waals surface area contributed by atoms with E-state index in [1.165, 1.54) is 30.3 Å². The molecule has 0 spiro atoms. The summed E-state index contributed by atoms with van der Waals surface area (Å²) in [6, 6.07) is 10.9. The molecule has 1 aliphatic carbocycles. The van der Waals surface area contributed by atoms with Crippen LogP contribution in [-0.2, 0) is 6.18 Å². The van der Waals surface area contributed by atoms with Crippen LogP contribution in [0.1, 0.15) is 31.8 Å². The molecular formula is C17H9F3O2. The van der Waals surface area contributed by atoms with Crippen LogP contribution in [0, 0.1) is 0 Å². The minimum Gasteiger partial charge on any atom is -0.288 e. The third-order valence-electron chi connectivity index (χ3n) is 3.43. The smallest absolute Gasteiger partial charge is 0.288 e. The second-order valence-electron chi connectivity index (χ2n) is 4.89. The standard InChI is InChI=1S/C17H9F3O2/c18-17(19,20)11-5-3-4-10(8-11)9-14-15(21)12-6-1-2-7-13(12)16(14)22/h1-9H. The summed E-state index contributed by atoms with van der Waals surface area (Å²) in [4.78, 5) is 24.4. The molecule has 0 bridgehead atoms. The zero-order valence-electron chi connectivity index (χ0n) is 11.1. The fourth-order valence-electron chi connectivity index (χ4n) is 2.37. The number of carbonyl (C=O) groups is 2. The van der Waals surface area contributed by atoms with Crippen LogP contribution < -0.4 is 0 Å². The Labute approximate surface area is 123 Å². The number of hydrogen-bond donors (Lipinski definition) is 0. The summed E-state index contributed by atoms with van der Waals surface area (Å²) in [6.45, 7) is 0. The molecule has 0 aliphatic heterocycles. The molecule has 2 aromatic rings. The van der Waals surface area contributed by atoms with E-state index in [4.69, 9.17) is 0 Å². The van der Waals surface area contributed by atoms with Crippen LogP contribution in [0.4, 0.5) is 13.2 Å². The zero-order valence-corrected chi connectivity index (χ0v) is 11.1. The first kappa shape index (κ1) is 14.3. The Morgan fingerprint density at radius 3 is 1.95 bits per heavy atom. The van der Waals surface area contributed by atoms with E-state index in [1.807, 2.05) is 0 Å². The lowest BCUT2D eigenvalue weighted by atomic mass is 10.0. The van der Waals surface area contributed by atoms with E-state index in [-0.39, 0.29) is 22.3 Å². The highest BCUT2D eigenvalue weighted by atomic mass is 19.4. The van der Waals surface area contributed by atoms with Gasteiger partial charge >= 0.3 is 6.18 Å². The number of Topliss-reactive ketones (excluding diaryl/α,β-unsaturated/α-hetero) is 2. The van der Waals surface area contributed by atoms with Crippen molar-refractivity contribution in [3.05, 3.63) is 76.4 Å². The topological polar surface area (TPSA) is 34.1 Å². The number of carbonyl (C=O) groups excluding carboxylic acids is 2. The Hall–Kier alpha value is -2.69. The van der Waals surface area contributed by atoms with Crippen LogP contribution in [-0.4, -0.2) is 11.6 Å². The highest BCUT2D eigenvalue weighted by Crippen LogP contribution is 2.31. The first-order valence-electron chi connectivity index (χ1n) is 6.45. The van der Waals surface area contributed by atoms with Gasteiger partial charge in [-0.15, -0.1) is 0 Å². The second kappa shape index (κ2) is 4.94. The van der Waals surface area contributed by atoms with E-state index in [9.17, 15) is 22.8 Å². The SMILES string of the molecule is O=C1C(=Cc2cccc(C(F)(F)F)c2)C(=O)c2ccccc21. The maximum absolute atomic E-state index is 12.7. The summed E-state index contributed by atoms with van der Waals surface area (Å²) in [5.41, 5.74) is -0.200. The second-order valence-corrected chi connectivity index (χ2v) is 4.89. The van der Waals surface area contributed by atoms with E-state index >= 15 is 0 Å². The van der Waals surface area contributed by atoms with E-state index in [0.29, 0.717) is 0 Å². The number of fused-ring (bicyclic) bond motifs is 1. The van der Waals surface area contributed by atoms with Crippen LogP contribution in [0.15, 0.2) is 54.1 Å². The lowest BCUT2D eigenvalue weighted by molar-refractivity contribution is -0.137. The number of alkyl halides is 3. The number of ketones is 2. The van der Waals surface area contributed by atoms with Gasteiger partial charge in [-0.05, 0) is 23.8 Å². The van der Waals surface area contributed by atoms with Crippen molar-refractivity contribution in [1.82, 2.24) is 0 Å². The minimum absolute atomic E-state index is 0.111. The van der Waals surface area contributed by atoms with Crippen molar-refractivity contribution in [3.63, 3.8) is 0 Å². The number of benzene rings is 2. The molecule has 0 unspecified atom stereocenters. The predicted molar refractivity (Wildman–Crippen MR) is 74.5 cm³/mol. The molecule has 0 aromatic heterocycles. The fraction of sp³-hybridized carbons (Fsp3) is 0.0588. The van der Waals surface area contributed by atoms with Crippen molar-refractivity contribution in [3.8, 4) is 0 Å². The Kier molecular flexibility index (Phi) is 3.20. The van der Waals surface area contributed by atoms with Crippen LogP contribution >= 0.6 is 0 Å². The fourth-order valence-corrected chi connectivity index (χ4v) is 2.37. The number of allylic oxidation sites excluding steroid dienone is 1. The summed E-state index contributed by atoms with van der Waals surface area (Å²) in [5.74, 6) is -0.920. The van der Waals surface area contributed by atoms with Gasteiger partial charge in [0, 0.05) is 11.1 Å². The molecule has 2 aromatic carbocycles. The molecule has 22 heavy (non-hydrogen) atoms. The average molecular weight is 302 g/mol. The third kappa shape index (κ3) is 2.35. The molecule has 1 aliphatic rings. The van der Waals surface area contributed by atoms with E-state index in [1.54, 1.807) is 12.1 Å². The highest BCUT2D eigenvalue weighted by Gasteiger charge is 2.33. The van der Waals surface area contributed by atoms with Gasteiger partial charge in [0.25, 0.3) is 0 Å². The van der Waals surface area contributed by atoms with E-state index in [0.717, 1.165) is 12.1 Å². The first-order chi connectivity index (χ1) is 10.4. The molecule has 0 saturated heterocycles. The third-order valence-corrected chi connectivity index (χ3v) is 3.43. The van der Waals surface area contributed by atoms with Gasteiger partial charge in [-0.2, -0.15) is 13.2 Å². The van der Waals surface area contributed by atoms with Crippen molar-refractivity contribution in [1.29, 1.82) is 0 Å². The monoisotopic (exact) mass is 302 g/mol. The van der Waals surface area contributed by atoms with Gasteiger partial charge in [-0.3, -0.25) is 9.59 Å². The van der Waals surface area contributed by atoms with E-state index in [2.05, 4.69) is 0 Å². The maximum atomic E-state index is 12.7. The number of rotatable bonds is 1. The van der Waals surface area contributed by atoms with Crippen LogP contribution in [0.25, 0.3) is 6.08 Å². The summed E-state index contributed by atoms with van der Waals surface area (Å²) >= 11 is 0. The zero-order chi connectivity index (χ0) is 15.9. The van der Waals surface area contributed by atoms with Crippen molar-refractivity contribution < 1.29 is 22.8 Å². The molecule has 0 N–H and O–H groups in total. The molecule has 0 radical (unpaired) electrons. The first-order valence-corrected chi connectivity index (χ1v) is 6.45. The summed E-state index contributed by atoms with van der Waals surface area (Å²) < 4.78 is 38.1. The van der Waals surface area contributed by atoms with Crippen molar-refractivity contribution in [2.45, 2.75) is 6.18 Å². The summed E-state index contributed by atoms with van der Waals surface area (Å²) in [6.07, 6.45) is -3.26. The predicted octanol–water partition coefficient (Wildman–Crippen LogP) is 4.17. The molecule has 0 atom stereocenters.